The van der Waals surface area contributed by atoms with Gasteiger partial charge in [-0.2, -0.15) is 0 Å². The lowest BCUT2D eigenvalue weighted by molar-refractivity contribution is -0.131. The second-order valence-corrected chi connectivity index (χ2v) is 11.1. The Morgan fingerprint density at radius 2 is 1.74 bits per heavy atom. The van der Waals surface area contributed by atoms with E-state index in [1.54, 1.807) is 0 Å². The van der Waals surface area contributed by atoms with Crippen molar-refractivity contribution in [3.05, 3.63) is 42.0 Å². The molecule has 1 N–H and O–H groups in total. The number of benzene rings is 1. The molecule has 0 spiro atoms. The Balaban J connectivity index is 0.00000112. The average Bonchev–Trinajstić information content (AvgIpc) is 3.05. The van der Waals surface area contributed by atoms with E-state index in [-0.39, 0.29) is 22.2 Å². The number of aliphatic hydroxyl groups is 1. The molecule has 5 rings (SSSR count). The highest BCUT2D eigenvalue weighted by atomic mass is 32.2. The maximum atomic E-state index is 13.4. The van der Waals surface area contributed by atoms with Crippen LogP contribution in [0.25, 0.3) is 0 Å². The number of carbonyl (C=O) groups excluding carboxylic acids is 1. The van der Waals surface area contributed by atoms with Gasteiger partial charge in [0.1, 0.15) is 11.0 Å². The molecular formula is C27H38O3S. The van der Waals surface area contributed by atoms with E-state index in [0.717, 1.165) is 50.7 Å². The zero-order valence-electron chi connectivity index (χ0n) is 19.5. The second-order valence-electron chi connectivity index (χ2n) is 10.2. The number of carbonyl (C=O) groups is 1. The summed E-state index contributed by atoms with van der Waals surface area (Å²) in [5.41, 5.74) is 1.51. The first-order valence-electron chi connectivity index (χ1n) is 12.2. The number of allylic oxidation sites excluding steroid dienone is 1. The molecule has 0 saturated heterocycles. The van der Waals surface area contributed by atoms with E-state index >= 15 is 0 Å². The summed E-state index contributed by atoms with van der Waals surface area (Å²) in [7, 11) is 0. The average molecular weight is 443 g/mol. The maximum absolute atomic E-state index is 13.4. The monoisotopic (exact) mass is 442 g/mol. The lowest BCUT2D eigenvalue weighted by atomic mass is 9.48. The van der Waals surface area contributed by atoms with E-state index in [0.29, 0.717) is 23.5 Å². The van der Waals surface area contributed by atoms with Crippen molar-refractivity contribution in [2.45, 2.75) is 84.0 Å². The summed E-state index contributed by atoms with van der Waals surface area (Å²) in [6.07, 6.45) is 9.29. The summed E-state index contributed by atoms with van der Waals surface area (Å²) in [5.74, 6) is 2.92. The summed E-state index contributed by atoms with van der Waals surface area (Å²) in [6, 6.07) is 9.80. The second kappa shape index (κ2) is 8.94. The van der Waals surface area contributed by atoms with Crippen LogP contribution in [0.1, 0.15) is 72.6 Å². The molecule has 3 saturated carbocycles. The molecule has 1 aromatic rings. The fourth-order valence-electron chi connectivity index (χ4n) is 7.08. The normalized spacial score (nSPS) is 41.1. The molecular weight excluding hydrogens is 404 g/mol. The molecule has 0 aliphatic heterocycles. The van der Waals surface area contributed by atoms with Crippen molar-refractivity contribution in [1.29, 1.82) is 0 Å². The predicted octanol–water partition coefficient (Wildman–Crippen LogP) is 6.61. The van der Waals surface area contributed by atoms with Crippen molar-refractivity contribution in [2.24, 2.45) is 28.6 Å². The van der Waals surface area contributed by atoms with Crippen LogP contribution in [0.3, 0.4) is 0 Å². The molecule has 4 aliphatic carbocycles. The fraction of sp³-hybridized carbons (Fsp3) is 0.667. The third-order valence-corrected chi connectivity index (χ3v) is 9.72. The van der Waals surface area contributed by atoms with Crippen LogP contribution in [0.5, 0.6) is 5.75 Å². The number of aliphatic hydroxyl groups excluding tert-OH is 1. The van der Waals surface area contributed by atoms with E-state index in [2.05, 4.69) is 19.9 Å². The summed E-state index contributed by atoms with van der Waals surface area (Å²) in [6.45, 7) is 8.66. The molecule has 3 fully saturated rings. The quantitative estimate of drug-likeness (QED) is 0.422. The Labute approximate surface area is 192 Å². The van der Waals surface area contributed by atoms with Crippen molar-refractivity contribution in [2.75, 3.05) is 0 Å². The number of rotatable bonds is 3. The molecule has 4 aliphatic rings. The minimum absolute atomic E-state index is 0.0599. The molecule has 0 aromatic heterocycles. The third-order valence-electron chi connectivity index (χ3n) is 8.79. The van der Waals surface area contributed by atoms with Gasteiger partial charge in [0, 0.05) is 5.41 Å². The molecule has 3 nitrogen and oxygen atoms in total. The predicted molar refractivity (Wildman–Crippen MR) is 128 cm³/mol. The van der Waals surface area contributed by atoms with Crippen LogP contribution >= 0.6 is 12.0 Å². The number of ketones is 1. The highest BCUT2D eigenvalue weighted by Crippen LogP contribution is 2.64. The fourth-order valence-corrected chi connectivity index (χ4v) is 8.06. The van der Waals surface area contributed by atoms with E-state index in [1.165, 1.54) is 17.6 Å². The number of hydrogen-bond acceptors (Lipinski definition) is 4. The van der Waals surface area contributed by atoms with Crippen LogP contribution in [0.15, 0.2) is 42.0 Å². The van der Waals surface area contributed by atoms with Gasteiger partial charge < -0.3 is 9.29 Å². The molecule has 1 aromatic carbocycles. The smallest absolute Gasteiger partial charge is 0.155 e. The van der Waals surface area contributed by atoms with Gasteiger partial charge in [-0.25, -0.2) is 0 Å². The molecule has 7 atom stereocenters. The Bertz CT molecular complexity index is 821. The van der Waals surface area contributed by atoms with E-state index in [4.69, 9.17) is 4.18 Å². The maximum Gasteiger partial charge on any atom is 0.155 e. The molecule has 7 unspecified atom stereocenters. The molecule has 0 bridgehead atoms. The first-order valence-corrected chi connectivity index (χ1v) is 13.0. The van der Waals surface area contributed by atoms with Gasteiger partial charge in [0.2, 0.25) is 0 Å². The van der Waals surface area contributed by atoms with E-state index in [9.17, 15) is 9.90 Å². The summed E-state index contributed by atoms with van der Waals surface area (Å²) >= 11 is 1.37. The van der Waals surface area contributed by atoms with Crippen molar-refractivity contribution >= 4 is 17.8 Å². The van der Waals surface area contributed by atoms with Crippen molar-refractivity contribution < 1.29 is 14.1 Å². The van der Waals surface area contributed by atoms with Crippen LogP contribution in [-0.4, -0.2) is 22.2 Å². The molecule has 4 heteroatoms. The van der Waals surface area contributed by atoms with Gasteiger partial charge in [0.15, 0.2) is 5.78 Å². The SMILES string of the molecule is CC.CC12CCC3C(CC=C4CC(O)CCC43C)C1CC(SOc1ccccc1)C2=O. The number of Topliss-reactive ketones (excluding diaryl/α,β-unsaturated/α-hetero) is 1. The van der Waals surface area contributed by atoms with Gasteiger partial charge in [-0.1, -0.05) is 57.5 Å². The number of para-hydroxylation sites is 1. The zero-order valence-corrected chi connectivity index (χ0v) is 20.3. The number of hydrogen-bond donors (Lipinski definition) is 1. The van der Waals surface area contributed by atoms with E-state index in [1.807, 2.05) is 44.2 Å². The minimum Gasteiger partial charge on any atom is -0.425 e. The molecule has 170 valence electrons. The topological polar surface area (TPSA) is 46.5 Å². The van der Waals surface area contributed by atoms with Gasteiger partial charge in [0.25, 0.3) is 0 Å². The van der Waals surface area contributed by atoms with Crippen molar-refractivity contribution in [3.63, 3.8) is 0 Å². The Morgan fingerprint density at radius 1 is 1.03 bits per heavy atom. The van der Waals surface area contributed by atoms with Crippen LogP contribution < -0.4 is 4.18 Å². The van der Waals surface area contributed by atoms with Crippen LogP contribution in [0.4, 0.5) is 0 Å². The third kappa shape index (κ3) is 3.88. The van der Waals surface area contributed by atoms with Crippen LogP contribution in [-0.2, 0) is 4.79 Å². The van der Waals surface area contributed by atoms with Crippen LogP contribution in [0, 0.1) is 28.6 Å². The first kappa shape index (κ1) is 22.9. The van der Waals surface area contributed by atoms with Gasteiger partial charge in [0.05, 0.1) is 18.1 Å². The summed E-state index contributed by atoms with van der Waals surface area (Å²) < 4.78 is 5.92. The largest absolute Gasteiger partial charge is 0.425 e. The van der Waals surface area contributed by atoms with Gasteiger partial charge in [-0.15, -0.1) is 0 Å². The summed E-state index contributed by atoms with van der Waals surface area (Å²) in [4.78, 5) is 13.4. The lowest BCUT2D eigenvalue weighted by Crippen LogP contribution is -2.50. The number of fused-ring (bicyclic) bond motifs is 5. The Hall–Kier alpha value is -1.26. The van der Waals surface area contributed by atoms with Crippen LogP contribution in [0.2, 0.25) is 0 Å². The van der Waals surface area contributed by atoms with Crippen molar-refractivity contribution in [1.82, 2.24) is 0 Å². The zero-order chi connectivity index (χ0) is 22.2. The lowest BCUT2D eigenvalue weighted by Gasteiger charge is -2.56. The van der Waals surface area contributed by atoms with E-state index < -0.39 is 0 Å². The standard InChI is InChI=1S/C25H32O3S.C2H6/c1-24-12-10-17(26)14-16(24)8-9-19-20(24)11-13-25(2)21(19)15-22(23(25)27)29-28-18-6-4-3-5-7-18;1-2/h3-8,17,19-22,26H,9-15H2,1-2H3;1-2H3. The van der Waals surface area contributed by atoms with Gasteiger partial charge in [-0.3, -0.25) is 4.79 Å². The van der Waals surface area contributed by atoms with Crippen molar-refractivity contribution in [3.8, 4) is 5.75 Å². The molecule has 31 heavy (non-hydrogen) atoms. The Morgan fingerprint density at radius 3 is 2.48 bits per heavy atom. The minimum atomic E-state index is -0.200. The molecule has 0 amide bonds. The highest BCUT2D eigenvalue weighted by Gasteiger charge is 2.61. The highest BCUT2D eigenvalue weighted by molar-refractivity contribution is 7.96. The summed E-state index contributed by atoms with van der Waals surface area (Å²) in [5, 5.41) is 10.1. The van der Waals surface area contributed by atoms with Gasteiger partial charge in [-0.05, 0) is 80.2 Å². The first-order chi connectivity index (χ1) is 14.9. The Kier molecular flexibility index (Phi) is 6.61. The van der Waals surface area contributed by atoms with Gasteiger partial charge >= 0.3 is 0 Å². The molecule has 0 radical (unpaired) electrons. The molecule has 0 heterocycles.